The van der Waals surface area contributed by atoms with Crippen molar-refractivity contribution in [1.82, 2.24) is 9.97 Å². The van der Waals surface area contributed by atoms with E-state index in [2.05, 4.69) is 35.3 Å². The molecule has 1 aromatic heterocycles. The number of rotatable bonds is 6. The number of hydrogen-bond acceptors (Lipinski definition) is 4. The van der Waals surface area contributed by atoms with Crippen molar-refractivity contribution in [3.63, 3.8) is 0 Å². The summed E-state index contributed by atoms with van der Waals surface area (Å²) in [5.74, 6) is 2.80. The summed E-state index contributed by atoms with van der Waals surface area (Å²) in [5.41, 5.74) is 1.07. The van der Waals surface area contributed by atoms with Crippen LogP contribution in [0.1, 0.15) is 39.0 Å². The minimum atomic E-state index is 0.813. The van der Waals surface area contributed by atoms with Crippen LogP contribution in [-0.4, -0.2) is 29.6 Å². The first-order valence-electron chi connectivity index (χ1n) is 8.80. The molecule has 0 spiro atoms. The van der Waals surface area contributed by atoms with E-state index in [0.717, 1.165) is 49.1 Å². The van der Waals surface area contributed by atoms with E-state index in [1.807, 2.05) is 18.2 Å². The lowest BCUT2D eigenvalue weighted by Gasteiger charge is -2.28. The molecule has 0 unspecified atom stereocenters. The third-order valence-corrected chi connectivity index (χ3v) is 4.26. The van der Waals surface area contributed by atoms with Crippen molar-refractivity contribution in [3.05, 3.63) is 36.4 Å². The molecule has 0 bridgehead atoms. The second-order valence-electron chi connectivity index (χ2n) is 6.13. The van der Waals surface area contributed by atoms with Gasteiger partial charge in [-0.25, -0.2) is 9.97 Å². The predicted molar refractivity (Wildman–Crippen MR) is 96.9 cm³/mol. The van der Waals surface area contributed by atoms with E-state index in [9.17, 15) is 0 Å². The second kappa shape index (κ2) is 7.95. The van der Waals surface area contributed by atoms with Gasteiger partial charge in [-0.15, -0.1) is 0 Å². The summed E-state index contributed by atoms with van der Waals surface area (Å²) in [6, 6.07) is 12.4. The van der Waals surface area contributed by atoms with Gasteiger partial charge in [0.1, 0.15) is 11.6 Å². The summed E-state index contributed by atoms with van der Waals surface area (Å²) in [4.78, 5) is 11.9. The highest BCUT2D eigenvalue weighted by Crippen LogP contribution is 2.24. The Morgan fingerprint density at radius 2 is 1.83 bits per heavy atom. The molecule has 122 valence electrons. The van der Waals surface area contributed by atoms with Gasteiger partial charge in [0.15, 0.2) is 5.82 Å². The zero-order valence-corrected chi connectivity index (χ0v) is 14.0. The van der Waals surface area contributed by atoms with Crippen LogP contribution in [0.2, 0.25) is 0 Å². The minimum absolute atomic E-state index is 0.813. The normalized spacial score (nSPS) is 14.7. The van der Waals surface area contributed by atoms with Crippen molar-refractivity contribution in [2.24, 2.45) is 0 Å². The van der Waals surface area contributed by atoms with Crippen molar-refractivity contribution in [1.29, 1.82) is 0 Å². The van der Waals surface area contributed by atoms with E-state index in [0.29, 0.717) is 0 Å². The summed E-state index contributed by atoms with van der Waals surface area (Å²) >= 11 is 0. The first-order valence-corrected chi connectivity index (χ1v) is 8.80. The first-order chi connectivity index (χ1) is 11.4. The van der Waals surface area contributed by atoms with E-state index in [-0.39, 0.29) is 0 Å². The molecule has 0 amide bonds. The maximum Gasteiger partial charge on any atom is 0.163 e. The largest absolute Gasteiger partial charge is 0.370 e. The fourth-order valence-electron chi connectivity index (χ4n) is 2.92. The number of aromatic nitrogens is 2. The molecule has 4 heteroatoms. The molecule has 0 radical (unpaired) electrons. The molecule has 1 N–H and O–H groups in total. The molecule has 0 aliphatic carbocycles. The molecule has 1 aliphatic heterocycles. The maximum atomic E-state index is 4.83. The third-order valence-electron chi connectivity index (χ3n) is 4.26. The van der Waals surface area contributed by atoms with Crippen LogP contribution in [0.4, 0.5) is 11.6 Å². The van der Waals surface area contributed by atoms with Gasteiger partial charge in [-0.3, -0.25) is 0 Å². The molecular weight excluding hydrogens is 284 g/mol. The highest BCUT2D eigenvalue weighted by molar-refractivity contribution is 5.61. The molecule has 23 heavy (non-hydrogen) atoms. The van der Waals surface area contributed by atoms with Crippen LogP contribution in [0, 0.1) is 0 Å². The Kier molecular flexibility index (Phi) is 5.46. The van der Waals surface area contributed by atoms with Gasteiger partial charge in [0.25, 0.3) is 0 Å². The van der Waals surface area contributed by atoms with E-state index >= 15 is 0 Å². The standard InChI is InChI=1S/C19H26N4/c1-2-3-12-20-17-15-18(23-13-8-5-9-14-23)22-19(21-17)16-10-6-4-7-11-16/h4,6-7,10-11,15H,2-3,5,8-9,12-14H2,1H3,(H,20,21,22). The molecule has 1 aromatic carbocycles. The summed E-state index contributed by atoms with van der Waals surface area (Å²) < 4.78 is 0. The highest BCUT2D eigenvalue weighted by atomic mass is 15.2. The van der Waals surface area contributed by atoms with E-state index < -0.39 is 0 Å². The van der Waals surface area contributed by atoms with Crippen molar-refractivity contribution in [3.8, 4) is 11.4 Å². The Labute approximate surface area is 139 Å². The Balaban J connectivity index is 1.89. The number of nitrogens with zero attached hydrogens (tertiary/aromatic N) is 3. The SMILES string of the molecule is CCCCNc1cc(N2CCCCC2)nc(-c2ccccc2)n1. The number of anilines is 2. The number of unbranched alkanes of at least 4 members (excludes halogenated alkanes) is 1. The molecule has 0 atom stereocenters. The number of hydrogen-bond donors (Lipinski definition) is 1. The lowest BCUT2D eigenvalue weighted by atomic mass is 10.1. The summed E-state index contributed by atoms with van der Waals surface area (Å²) in [7, 11) is 0. The van der Waals surface area contributed by atoms with Crippen LogP contribution >= 0.6 is 0 Å². The van der Waals surface area contributed by atoms with Crippen molar-refractivity contribution >= 4 is 11.6 Å². The van der Waals surface area contributed by atoms with Crippen LogP contribution in [0.3, 0.4) is 0 Å². The van der Waals surface area contributed by atoms with Crippen LogP contribution in [-0.2, 0) is 0 Å². The van der Waals surface area contributed by atoms with Crippen LogP contribution in [0.15, 0.2) is 36.4 Å². The Hall–Kier alpha value is -2.10. The Bertz CT molecular complexity index is 606. The first kappa shape index (κ1) is 15.8. The molecule has 1 saturated heterocycles. The molecule has 4 nitrogen and oxygen atoms in total. The van der Waals surface area contributed by atoms with E-state index in [1.165, 1.54) is 25.7 Å². The van der Waals surface area contributed by atoms with Gasteiger partial charge in [0.05, 0.1) is 0 Å². The fourth-order valence-corrected chi connectivity index (χ4v) is 2.92. The summed E-state index contributed by atoms with van der Waals surface area (Å²) in [5, 5.41) is 3.46. The average Bonchev–Trinajstić information content (AvgIpc) is 2.63. The summed E-state index contributed by atoms with van der Waals surface area (Å²) in [6.45, 7) is 5.36. The zero-order chi connectivity index (χ0) is 15.9. The highest BCUT2D eigenvalue weighted by Gasteiger charge is 2.15. The smallest absolute Gasteiger partial charge is 0.163 e. The van der Waals surface area contributed by atoms with E-state index in [1.54, 1.807) is 0 Å². The lowest BCUT2D eigenvalue weighted by Crippen LogP contribution is -2.30. The molecule has 3 rings (SSSR count). The van der Waals surface area contributed by atoms with Crippen molar-refractivity contribution < 1.29 is 0 Å². The van der Waals surface area contributed by atoms with Crippen LogP contribution in [0.25, 0.3) is 11.4 Å². The zero-order valence-electron chi connectivity index (χ0n) is 14.0. The van der Waals surface area contributed by atoms with Crippen molar-refractivity contribution in [2.45, 2.75) is 39.0 Å². The van der Waals surface area contributed by atoms with Gasteiger partial charge in [-0.1, -0.05) is 43.7 Å². The topological polar surface area (TPSA) is 41.0 Å². The van der Waals surface area contributed by atoms with Crippen molar-refractivity contribution in [2.75, 3.05) is 29.9 Å². The quantitative estimate of drug-likeness (QED) is 0.806. The third kappa shape index (κ3) is 4.21. The summed E-state index contributed by atoms with van der Waals surface area (Å²) in [6.07, 6.45) is 6.17. The Morgan fingerprint density at radius 3 is 2.57 bits per heavy atom. The molecule has 0 saturated carbocycles. The van der Waals surface area contributed by atoms with Gasteiger partial charge in [0.2, 0.25) is 0 Å². The predicted octanol–water partition coefficient (Wildman–Crippen LogP) is 4.35. The molecule has 2 heterocycles. The number of nitrogens with one attached hydrogen (secondary N) is 1. The molecular formula is C19H26N4. The molecule has 1 aliphatic rings. The van der Waals surface area contributed by atoms with Crippen LogP contribution < -0.4 is 10.2 Å². The second-order valence-corrected chi connectivity index (χ2v) is 6.13. The van der Waals surface area contributed by atoms with Crippen LogP contribution in [0.5, 0.6) is 0 Å². The number of piperidine rings is 1. The Morgan fingerprint density at radius 1 is 1.04 bits per heavy atom. The fraction of sp³-hybridized carbons (Fsp3) is 0.474. The van der Waals surface area contributed by atoms with E-state index in [4.69, 9.17) is 9.97 Å². The van der Waals surface area contributed by atoms with Gasteiger partial charge >= 0.3 is 0 Å². The molecule has 1 fully saturated rings. The van der Waals surface area contributed by atoms with Gasteiger partial charge < -0.3 is 10.2 Å². The maximum absolute atomic E-state index is 4.83. The number of benzene rings is 1. The monoisotopic (exact) mass is 310 g/mol. The van der Waals surface area contributed by atoms with Gasteiger partial charge in [-0.2, -0.15) is 0 Å². The van der Waals surface area contributed by atoms with Gasteiger partial charge in [-0.05, 0) is 25.7 Å². The van der Waals surface area contributed by atoms with Gasteiger partial charge in [0, 0.05) is 31.3 Å². The average molecular weight is 310 g/mol. The minimum Gasteiger partial charge on any atom is -0.370 e. The lowest BCUT2D eigenvalue weighted by molar-refractivity contribution is 0.573. The molecule has 2 aromatic rings.